The van der Waals surface area contributed by atoms with Crippen LogP contribution >= 0.6 is 0 Å². The molecule has 18 heavy (non-hydrogen) atoms. The SMILES string of the molecule is O=C(NC1CC2CC1C1CCCC21)n1ccnc1. The maximum absolute atomic E-state index is 12.0. The molecule has 5 atom stereocenters. The molecule has 0 aromatic carbocycles. The third-order valence-corrected chi connectivity index (χ3v) is 5.48. The van der Waals surface area contributed by atoms with Crippen LogP contribution in [0.4, 0.5) is 4.79 Å². The largest absolute Gasteiger partial charge is 0.334 e. The minimum atomic E-state index is -0.0143. The first-order chi connectivity index (χ1) is 8.83. The number of fused-ring (bicyclic) bond motifs is 5. The highest BCUT2D eigenvalue weighted by Gasteiger charge is 2.54. The number of amides is 1. The van der Waals surface area contributed by atoms with Gasteiger partial charge in [0.25, 0.3) is 0 Å². The molecule has 1 heterocycles. The first-order valence-corrected chi connectivity index (χ1v) is 7.12. The number of nitrogens with zero attached hydrogens (tertiary/aromatic N) is 2. The molecular formula is C14H19N3O. The van der Waals surface area contributed by atoms with Gasteiger partial charge in [0, 0.05) is 18.4 Å². The molecule has 1 N–H and O–H groups in total. The van der Waals surface area contributed by atoms with Gasteiger partial charge in [-0.05, 0) is 49.4 Å². The van der Waals surface area contributed by atoms with Gasteiger partial charge in [0.05, 0.1) is 0 Å². The van der Waals surface area contributed by atoms with Crippen molar-refractivity contribution in [2.75, 3.05) is 0 Å². The fraction of sp³-hybridized carbons (Fsp3) is 0.714. The predicted octanol–water partition coefficient (Wildman–Crippen LogP) is 2.27. The van der Waals surface area contributed by atoms with E-state index in [0.29, 0.717) is 6.04 Å². The van der Waals surface area contributed by atoms with Crippen LogP contribution in [0.15, 0.2) is 18.7 Å². The lowest BCUT2D eigenvalue weighted by atomic mass is 9.79. The zero-order valence-electron chi connectivity index (χ0n) is 10.5. The second-order valence-electron chi connectivity index (χ2n) is 6.18. The molecule has 3 aliphatic rings. The van der Waals surface area contributed by atoms with Crippen LogP contribution in [0, 0.1) is 23.7 Å². The summed E-state index contributed by atoms with van der Waals surface area (Å²) in [6, 6.07) is 0.392. The molecule has 1 amide bonds. The van der Waals surface area contributed by atoms with Crippen molar-refractivity contribution in [3.63, 3.8) is 0 Å². The van der Waals surface area contributed by atoms with E-state index in [9.17, 15) is 4.79 Å². The van der Waals surface area contributed by atoms with Crippen molar-refractivity contribution in [1.29, 1.82) is 0 Å². The molecule has 0 radical (unpaired) electrons. The van der Waals surface area contributed by atoms with Crippen LogP contribution in [0.3, 0.4) is 0 Å². The van der Waals surface area contributed by atoms with E-state index < -0.39 is 0 Å². The van der Waals surface area contributed by atoms with Gasteiger partial charge >= 0.3 is 6.03 Å². The molecule has 3 aliphatic carbocycles. The zero-order chi connectivity index (χ0) is 12.1. The summed E-state index contributed by atoms with van der Waals surface area (Å²) in [5.41, 5.74) is 0. The second-order valence-corrected chi connectivity index (χ2v) is 6.18. The number of hydrogen-bond acceptors (Lipinski definition) is 2. The Labute approximate surface area is 107 Å². The minimum Gasteiger partial charge on any atom is -0.334 e. The van der Waals surface area contributed by atoms with E-state index in [4.69, 9.17) is 0 Å². The summed E-state index contributed by atoms with van der Waals surface area (Å²) in [4.78, 5) is 16.0. The Kier molecular flexibility index (Phi) is 2.26. The fourth-order valence-corrected chi connectivity index (χ4v) is 4.85. The Morgan fingerprint density at radius 2 is 2.11 bits per heavy atom. The second kappa shape index (κ2) is 3.84. The molecule has 2 bridgehead atoms. The van der Waals surface area contributed by atoms with Crippen LogP contribution in [-0.4, -0.2) is 21.6 Å². The van der Waals surface area contributed by atoms with Crippen molar-refractivity contribution in [2.45, 2.75) is 38.1 Å². The average molecular weight is 245 g/mol. The lowest BCUT2D eigenvalue weighted by Gasteiger charge is -2.31. The molecule has 1 aromatic rings. The van der Waals surface area contributed by atoms with Gasteiger partial charge in [-0.3, -0.25) is 4.57 Å². The Bertz CT molecular complexity index is 456. The number of nitrogens with one attached hydrogen (secondary N) is 1. The maximum Gasteiger partial charge on any atom is 0.327 e. The van der Waals surface area contributed by atoms with Crippen LogP contribution in [0.2, 0.25) is 0 Å². The molecule has 0 saturated heterocycles. The molecule has 1 aromatic heterocycles. The minimum absolute atomic E-state index is 0.0143. The van der Waals surface area contributed by atoms with E-state index in [1.165, 1.54) is 36.7 Å². The van der Waals surface area contributed by atoms with E-state index in [0.717, 1.165) is 23.7 Å². The number of rotatable bonds is 1. The van der Waals surface area contributed by atoms with Gasteiger partial charge in [-0.15, -0.1) is 0 Å². The lowest BCUT2D eigenvalue weighted by Crippen LogP contribution is -2.43. The standard InChI is InChI=1S/C14H19N3O/c18-14(17-5-4-15-8-17)16-13-7-9-6-12(13)11-3-1-2-10(9)11/h4-5,8-13H,1-3,6-7H2,(H,16,18). The number of hydrogen-bond donors (Lipinski definition) is 1. The third kappa shape index (κ3) is 1.44. The Morgan fingerprint density at radius 1 is 1.22 bits per heavy atom. The van der Waals surface area contributed by atoms with E-state index >= 15 is 0 Å². The molecular weight excluding hydrogens is 226 g/mol. The van der Waals surface area contributed by atoms with Gasteiger partial charge in [0.2, 0.25) is 0 Å². The molecule has 96 valence electrons. The van der Waals surface area contributed by atoms with Gasteiger partial charge in [0.15, 0.2) is 0 Å². The molecule has 0 spiro atoms. The van der Waals surface area contributed by atoms with E-state index in [1.807, 2.05) is 0 Å². The van der Waals surface area contributed by atoms with Crippen LogP contribution in [0.25, 0.3) is 0 Å². The molecule has 4 nitrogen and oxygen atoms in total. The van der Waals surface area contributed by atoms with Crippen LogP contribution in [0.5, 0.6) is 0 Å². The number of carbonyl (C=O) groups is 1. The van der Waals surface area contributed by atoms with Gasteiger partial charge < -0.3 is 5.32 Å². The summed E-state index contributed by atoms with van der Waals surface area (Å²) >= 11 is 0. The third-order valence-electron chi connectivity index (χ3n) is 5.48. The van der Waals surface area contributed by atoms with Crippen molar-refractivity contribution < 1.29 is 4.79 Å². The van der Waals surface area contributed by atoms with Gasteiger partial charge in [-0.25, -0.2) is 9.78 Å². The number of imidazole rings is 1. The first-order valence-electron chi connectivity index (χ1n) is 7.12. The highest BCUT2D eigenvalue weighted by molar-refractivity contribution is 5.76. The normalized spacial score (nSPS) is 41.0. The zero-order valence-corrected chi connectivity index (χ0v) is 10.5. The topological polar surface area (TPSA) is 46.9 Å². The highest BCUT2D eigenvalue weighted by Crippen LogP contribution is 2.58. The molecule has 4 rings (SSSR count). The van der Waals surface area contributed by atoms with Crippen LogP contribution < -0.4 is 5.32 Å². The first kappa shape index (κ1) is 10.6. The van der Waals surface area contributed by atoms with Crippen LogP contribution in [0.1, 0.15) is 32.1 Å². The Balaban J connectivity index is 1.47. The van der Waals surface area contributed by atoms with E-state index in [1.54, 1.807) is 18.7 Å². The molecule has 5 unspecified atom stereocenters. The summed E-state index contributed by atoms with van der Waals surface area (Å²) in [5, 5.41) is 3.21. The number of aromatic nitrogens is 2. The van der Waals surface area contributed by atoms with E-state index in [2.05, 4.69) is 10.3 Å². The Hall–Kier alpha value is -1.32. The van der Waals surface area contributed by atoms with E-state index in [-0.39, 0.29) is 6.03 Å². The van der Waals surface area contributed by atoms with Crippen molar-refractivity contribution in [3.05, 3.63) is 18.7 Å². The summed E-state index contributed by atoms with van der Waals surface area (Å²) < 4.78 is 1.54. The van der Waals surface area contributed by atoms with Gasteiger partial charge in [-0.1, -0.05) is 6.42 Å². The van der Waals surface area contributed by atoms with Crippen molar-refractivity contribution in [2.24, 2.45) is 23.7 Å². The Morgan fingerprint density at radius 3 is 2.94 bits per heavy atom. The monoisotopic (exact) mass is 245 g/mol. The summed E-state index contributed by atoms with van der Waals surface area (Å²) in [7, 11) is 0. The molecule has 0 aliphatic heterocycles. The summed E-state index contributed by atoms with van der Waals surface area (Å²) in [6.07, 6.45) is 11.7. The quantitative estimate of drug-likeness (QED) is 0.825. The fourth-order valence-electron chi connectivity index (χ4n) is 4.85. The summed E-state index contributed by atoms with van der Waals surface area (Å²) in [5.74, 6) is 3.51. The van der Waals surface area contributed by atoms with Gasteiger partial charge in [0.1, 0.15) is 6.33 Å². The van der Waals surface area contributed by atoms with Crippen molar-refractivity contribution in [1.82, 2.24) is 14.9 Å². The number of carbonyl (C=O) groups excluding carboxylic acids is 1. The maximum atomic E-state index is 12.0. The highest BCUT2D eigenvalue weighted by atomic mass is 16.2. The summed E-state index contributed by atoms with van der Waals surface area (Å²) in [6.45, 7) is 0. The molecule has 4 heteroatoms. The molecule has 3 saturated carbocycles. The van der Waals surface area contributed by atoms with Crippen LogP contribution in [-0.2, 0) is 0 Å². The average Bonchev–Trinajstić information content (AvgIpc) is 3.11. The smallest absolute Gasteiger partial charge is 0.327 e. The van der Waals surface area contributed by atoms with Crippen molar-refractivity contribution in [3.8, 4) is 0 Å². The predicted molar refractivity (Wildman–Crippen MR) is 67.0 cm³/mol. The lowest BCUT2D eigenvalue weighted by molar-refractivity contribution is 0.198. The van der Waals surface area contributed by atoms with Gasteiger partial charge in [-0.2, -0.15) is 0 Å². The van der Waals surface area contributed by atoms with Crippen molar-refractivity contribution >= 4 is 6.03 Å². The molecule has 3 fully saturated rings.